The van der Waals surface area contributed by atoms with E-state index in [1.54, 1.807) is 0 Å². The summed E-state index contributed by atoms with van der Waals surface area (Å²) in [6.45, 7) is 12.5. The number of carbonyl (C=O) groups excluding carboxylic acids is 1. The Kier molecular flexibility index (Phi) is 5.28. The first-order valence-electron chi connectivity index (χ1n) is 7.06. The number of halogens is 1. The second-order valence-corrected chi connectivity index (χ2v) is 6.11. The maximum absolute atomic E-state index is 14.1. The van der Waals surface area contributed by atoms with Gasteiger partial charge < -0.3 is 0 Å². The molecule has 2 heteroatoms. The van der Waals surface area contributed by atoms with Crippen LogP contribution in [0.3, 0.4) is 0 Å². The van der Waals surface area contributed by atoms with Gasteiger partial charge in [-0.15, -0.1) is 0 Å². The van der Waals surface area contributed by atoms with Crippen LogP contribution in [0.4, 0.5) is 4.39 Å². The molecule has 0 fully saturated rings. The SMILES string of the molecule is CC(C)c1cc(C(C)C)c(C(F)C=O)c(C(C)C)c1. The average Bonchev–Trinajstić information content (AvgIpc) is 2.35. The average molecular weight is 264 g/mol. The van der Waals surface area contributed by atoms with E-state index in [-0.39, 0.29) is 11.8 Å². The van der Waals surface area contributed by atoms with Gasteiger partial charge in [-0.2, -0.15) is 0 Å². The fourth-order valence-corrected chi connectivity index (χ4v) is 2.40. The zero-order valence-electron chi connectivity index (χ0n) is 12.8. The summed E-state index contributed by atoms with van der Waals surface area (Å²) >= 11 is 0. The van der Waals surface area contributed by atoms with Gasteiger partial charge in [0.05, 0.1) is 0 Å². The topological polar surface area (TPSA) is 17.1 Å². The molecule has 0 aliphatic heterocycles. The van der Waals surface area contributed by atoms with Crippen molar-refractivity contribution in [3.63, 3.8) is 0 Å². The number of carbonyl (C=O) groups is 1. The van der Waals surface area contributed by atoms with Crippen molar-refractivity contribution >= 4 is 6.29 Å². The molecule has 0 saturated heterocycles. The van der Waals surface area contributed by atoms with Crippen LogP contribution in [-0.2, 0) is 4.79 Å². The van der Waals surface area contributed by atoms with Gasteiger partial charge in [-0.05, 0) is 34.4 Å². The van der Waals surface area contributed by atoms with Gasteiger partial charge in [0, 0.05) is 5.56 Å². The van der Waals surface area contributed by atoms with Gasteiger partial charge in [-0.25, -0.2) is 4.39 Å². The van der Waals surface area contributed by atoms with Crippen molar-refractivity contribution in [2.75, 3.05) is 0 Å². The first-order chi connectivity index (χ1) is 8.79. The Morgan fingerprint density at radius 2 is 1.32 bits per heavy atom. The molecule has 19 heavy (non-hydrogen) atoms. The van der Waals surface area contributed by atoms with Crippen LogP contribution in [0, 0.1) is 0 Å². The van der Waals surface area contributed by atoms with Crippen molar-refractivity contribution in [2.45, 2.75) is 65.5 Å². The molecule has 0 N–H and O–H groups in total. The normalized spacial score (nSPS) is 13.4. The zero-order chi connectivity index (χ0) is 14.7. The molecule has 1 atom stereocenters. The lowest BCUT2D eigenvalue weighted by Gasteiger charge is -2.23. The smallest absolute Gasteiger partial charge is 0.181 e. The van der Waals surface area contributed by atoms with Gasteiger partial charge in [0.25, 0.3) is 0 Å². The van der Waals surface area contributed by atoms with Crippen molar-refractivity contribution in [2.24, 2.45) is 0 Å². The lowest BCUT2D eigenvalue weighted by atomic mass is 9.83. The standard InChI is InChI=1S/C17H25FO/c1-10(2)13-7-14(11(3)4)17(16(18)9-19)15(8-13)12(5)6/h7-12,16H,1-6H3. The van der Waals surface area contributed by atoms with Crippen LogP contribution in [0.2, 0.25) is 0 Å². The molecule has 1 nitrogen and oxygen atoms in total. The number of rotatable bonds is 5. The highest BCUT2D eigenvalue weighted by Crippen LogP contribution is 2.36. The van der Waals surface area contributed by atoms with E-state index in [4.69, 9.17) is 0 Å². The molecule has 0 aliphatic carbocycles. The van der Waals surface area contributed by atoms with Crippen LogP contribution in [-0.4, -0.2) is 6.29 Å². The summed E-state index contributed by atoms with van der Waals surface area (Å²) in [4.78, 5) is 10.9. The van der Waals surface area contributed by atoms with Gasteiger partial charge in [0.15, 0.2) is 12.5 Å². The van der Waals surface area contributed by atoms with Crippen molar-refractivity contribution in [3.8, 4) is 0 Å². The molecule has 0 aliphatic rings. The van der Waals surface area contributed by atoms with E-state index in [9.17, 15) is 9.18 Å². The van der Waals surface area contributed by atoms with Crippen LogP contribution in [0.5, 0.6) is 0 Å². The second-order valence-electron chi connectivity index (χ2n) is 6.11. The molecular formula is C17H25FO. The zero-order valence-corrected chi connectivity index (χ0v) is 12.8. The molecule has 106 valence electrons. The van der Waals surface area contributed by atoms with E-state index in [1.807, 2.05) is 27.7 Å². The molecule has 1 aromatic rings. The highest BCUT2D eigenvalue weighted by molar-refractivity contribution is 5.63. The summed E-state index contributed by atoms with van der Waals surface area (Å²) in [6.07, 6.45) is -1.11. The maximum Gasteiger partial charge on any atom is 0.181 e. The molecule has 1 unspecified atom stereocenters. The molecule has 0 heterocycles. The molecule has 0 bridgehead atoms. The number of benzene rings is 1. The van der Waals surface area contributed by atoms with E-state index in [0.717, 1.165) is 11.1 Å². The first kappa shape index (κ1) is 15.9. The highest BCUT2D eigenvalue weighted by Gasteiger charge is 2.22. The van der Waals surface area contributed by atoms with Gasteiger partial charge in [-0.3, -0.25) is 4.79 Å². The Morgan fingerprint density at radius 3 is 1.58 bits per heavy atom. The molecular weight excluding hydrogens is 239 g/mol. The number of hydrogen-bond donors (Lipinski definition) is 0. The largest absolute Gasteiger partial charge is 0.300 e. The third-order valence-corrected chi connectivity index (χ3v) is 3.57. The fourth-order valence-electron chi connectivity index (χ4n) is 2.40. The summed E-state index contributed by atoms with van der Waals surface area (Å²) in [7, 11) is 0. The van der Waals surface area contributed by atoms with E-state index in [1.165, 1.54) is 5.56 Å². The molecule has 0 spiro atoms. The summed E-state index contributed by atoms with van der Waals surface area (Å²) in [5.74, 6) is 0.826. The Hall–Kier alpha value is -1.18. The Balaban J connectivity index is 3.60. The van der Waals surface area contributed by atoms with E-state index >= 15 is 0 Å². The number of hydrogen-bond acceptors (Lipinski definition) is 1. The van der Waals surface area contributed by atoms with Gasteiger partial charge in [-0.1, -0.05) is 53.7 Å². The molecule has 0 saturated carbocycles. The minimum absolute atomic E-state index is 0.212. The lowest BCUT2D eigenvalue weighted by molar-refractivity contribution is -0.112. The summed E-state index contributed by atoms with van der Waals surface area (Å²) < 4.78 is 14.1. The third kappa shape index (κ3) is 3.43. The van der Waals surface area contributed by atoms with Crippen LogP contribution < -0.4 is 0 Å². The monoisotopic (exact) mass is 264 g/mol. The van der Waals surface area contributed by atoms with Crippen molar-refractivity contribution < 1.29 is 9.18 Å². The molecule has 0 aromatic heterocycles. The summed E-state index contributed by atoms with van der Waals surface area (Å²) in [6, 6.07) is 4.12. The van der Waals surface area contributed by atoms with Gasteiger partial charge in [0.2, 0.25) is 0 Å². The maximum atomic E-state index is 14.1. The first-order valence-corrected chi connectivity index (χ1v) is 7.06. The second kappa shape index (κ2) is 6.31. The van der Waals surface area contributed by atoms with E-state index in [2.05, 4.69) is 26.0 Å². The predicted octanol–water partition coefficient (Wildman–Crippen LogP) is 5.27. The molecule has 0 amide bonds. The van der Waals surface area contributed by atoms with Crippen molar-refractivity contribution in [1.82, 2.24) is 0 Å². The molecule has 1 aromatic carbocycles. The Labute approximate surface area is 116 Å². The van der Waals surface area contributed by atoms with Crippen molar-refractivity contribution in [1.29, 1.82) is 0 Å². The van der Waals surface area contributed by atoms with Gasteiger partial charge in [0.1, 0.15) is 0 Å². The third-order valence-electron chi connectivity index (χ3n) is 3.57. The highest BCUT2D eigenvalue weighted by atomic mass is 19.1. The van der Waals surface area contributed by atoms with Gasteiger partial charge >= 0.3 is 0 Å². The van der Waals surface area contributed by atoms with Crippen molar-refractivity contribution in [3.05, 3.63) is 34.4 Å². The molecule has 1 rings (SSSR count). The van der Waals surface area contributed by atoms with Crippen LogP contribution >= 0.6 is 0 Å². The quantitative estimate of drug-likeness (QED) is 0.662. The van der Waals surface area contributed by atoms with Crippen LogP contribution in [0.1, 0.15) is 87.7 Å². The minimum Gasteiger partial charge on any atom is -0.300 e. The van der Waals surface area contributed by atoms with Crippen LogP contribution in [0.25, 0.3) is 0 Å². The van der Waals surface area contributed by atoms with E-state index in [0.29, 0.717) is 17.8 Å². The fraction of sp³-hybridized carbons (Fsp3) is 0.588. The lowest BCUT2D eigenvalue weighted by Crippen LogP contribution is -2.09. The predicted molar refractivity (Wildman–Crippen MR) is 78.6 cm³/mol. The summed E-state index contributed by atoms with van der Waals surface area (Å²) in [5.41, 5.74) is 3.74. The van der Waals surface area contributed by atoms with Crippen LogP contribution in [0.15, 0.2) is 12.1 Å². The Morgan fingerprint density at radius 1 is 0.895 bits per heavy atom. The number of aldehydes is 1. The number of alkyl halides is 1. The summed E-state index contributed by atoms with van der Waals surface area (Å²) in [5, 5.41) is 0. The van der Waals surface area contributed by atoms with E-state index < -0.39 is 6.17 Å². The Bertz CT molecular complexity index is 418. The molecule has 0 radical (unpaired) electrons. The minimum atomic E-state index is -1.52.